The number of benzene rings is 1. The Balaban J connectivity index is 2.11. The Kier molecular flexibility index (Phi) is 5.63. The van der Waals surface area contributed by atoms with Crippen LogP contribution in [0, 0.1) is 11.7 Å². The van der Waals surface area contributed by atoms with Crippen LogP contribution < -0.4 is 5.32 Å². The summed E-state index contributed by atoms with van der Waals surface area (Å²) in [5.74, 6) is 0.101. The van der Waals surface area contributed by atoms with Crippen LogP contribution in [0.4, 0.5) is 9.18 Å². The van der Waals surface area contributed by atoms with E-state index in [1.807, 2.05) is 0 Å². The summed E-state index contributed by atoms with van der Waals surface area (Å²) in [6, 6.07) is 6.03. The van der Waals surface area contributed by atoms with Gasteiger partial charge in [0.1, 0.15) is 5.82 Å². The summed E-state index contributed by atoms with van der Waals surface area (Å²) in [6.07, 6.45) is 4.46. The lowest BCUT2D eigenvalue weighted by Gasteiger charge is -2.30. The van der Waals surface area contributed by atoms with Crippen LogP contribution in [-0.4, -0.2) is 35.2 Å². The summed E-state index contributed by atoms with van der Waals surface area (Å²) in [4.78, 5) is 13.9. The molecule has 2 N–H and O–H groups in total. The monoisotopic (exact) mass is 322 g/mol. The van der Waals surface area contributed by atoms with E-state index in [0.29, 0.717) is 5.92 Å². The van der Waals surface area contributed by atoms with Gasteiger partial charge in [-0.05, 0) is 50.3 Å². The van der Waals surface area contributed by atoms with Crippen LogP contribution >= 0.6 is 0 Å². The van der Waals surface area contributed by atoms with E-state index in [4.69, 9.17) is 0 Å². The van der Waals surface area contributed by atoms with Crippen LogP contribution in [0.1, 0.15) is 51.1 Å². The largest absolute Gasteiger partial charge is 0.389 e. The SMILES string of the molecule is CN(CC(C)(C)O)C(=O)NC(c1ccc(F)cc1)C1CCCC1. The summed E-state index contributed by atoms with van der Waals surface area (Å²) < 4.78 is 13.2. The first-order valence-corrected chi connectivity index (χ1v) is 8.26. The molecule has 0 aromatic heterocycles. The van der Waals surface area contributed by atoms with Crippen molar-refractivity contribution in [3.05, 3.63) is 35.6 Å². The lowest BCUT2D eigenvalue weighted by molar-refractivity contribution is 0.0524. The fourth-order valence-electron chi connectivity index (χ4n) is 3.33. The number of nitrogens with zero attached hydrogens (tertiary/aromatic N) is 1. The maximum Gasteiger partial charge on any atom is 0.317 e. The molecular weight excluding hydrogens is 295 g/mol. The first kappa shape index (κ1) is 17.7. The summed E-state index contributed by atoms with van der Waals surface area (Å²) in [6.45, 7) is 3.59. The normalized spacial score (nSPS) is 17.1. The third-order valence-corrected chi connectivity index (χ3v) is 4.35. The number of urea groups is 1. The Bertz CT molecular complexity index is 519. The van der Waals surface area contributed by atoms with Gasteiger partial charge < -0.3 is 15.3 Å². The number of hydrogen-bond donors (Lipinski definition) is 2. The van der Waals surface area contributed by atoms with E-state index < -0.39 is 5.60 Å². The van der Waals surface area contributed by atoms with Gasteiger partial charge in [0.15, 0.2) is 0 Å². The summed E-state index contributed by atoms with van der Waals surface area (Å²) in [7, 11) is 1.67. The Morgan fingerprint density at radius 2 is 1.91 bits per heavy atom. The highest BCUT2D eigenvalue weighted by Gasteiger charge is 2.29. The van der Waals surface area contributed by atoms with Gasteiger partial charge in [-0.3, -0.25) is 0 Å². The minimum Gasteiger partial charge on any atom is -0.389 e. The van der Waals surface area contributed by atoms with Gasteiger partial charge in [-0.1, -0.05) is 25.0 Å². The van der Waals surface area contributed by atoms with E-state index in [1.165, 1.54) is 17.0 Å². The second-order valence-electron chi connectivity index (χ2n) is 7.19. The van der Waals surface area contributed by atoms with E-state index in [1.54, 1.807) is 33.0 Å². The van der Waals surface area contributed by atoms with Crippen LogP contribution in [0.3, 0.4) is 0 Å². The average molecular weight is 322 g/mol. The molecule has 0 spiro atoms. The number of likely N-dealkylation sites (N-methyl/N-ethyl adjacent to an activating group) is 1. The predicted octanol–water partition coefficient (Wildman–Crippen LogP) is 3.47. The minimum atomic E-state index is -0.940. The number of amides is 2. The standard InChI is InChI=1S/C18H27FN2O2/c1-18(2,23)12-21(3)17(22)20-16(13-6-4-5-7-13)14-8-10-15(19)11-9-14/h8-11,13,16,23H,4-7,12H2,1-3H3,(H,20,22). The van der Waals surface area contributed by atoms with Crippen LogP contribution in [0.25, 0.3) is 0 Å². The first-order valence-electron chi connectivity index (χ1n) is 8.26. The average Bonchev–Trinajstić information content (AvgIpc) is 2.97. The van der Waals surface area contributed by atoms with Gasteiger partial charge in [0, 0.05) is 7.05 Å². The van der Waals surface area contributed by atoms with Gasteiger partial charge in [0.2, 0.25) is 0 Å². The molecule has 1 aliphatic rings. The number of nitrogens with one attached hydrogen (secondary N) is 1. The van der Waals surface area contributed by atoms with Crippen molar-refractivity contribution in [2.24, 2.45) is 5.92 Å². The molecule has 0 radical (unpaired) electrons. The molecular formula is C18H27FN2O2. The molecule has 0 aliphatic heterocycles. The van der Waals surface area contributed by atoms with E-state index in [9.17, 15) is 14.3 Å². The number of carbonyl (C=O) groups is 1. The molecule has 1 aromatic rings. The van der Waals surface area contributed by atoms with Gasteiger partial charge >= 0.3 is 6.03 Å². The maximum absolute atomic E-state index is 13.2. The van der Waals surface area contributed by atoms with Crippen molar-refractivity contribution in [2.45, 2.75) is 51.2 Å². The molecule has 0 bridgehead atoms. The highest BCUT2D eigenvalue weighted by atomic mass is 19.1. The van der Waals surface area contributed by atoms with Gasteiger partial charge in [-0.25, -0.2) is 9.18 Å². The van der Waals surface area contributed by atoms with Crippen molar-refractivity contribution in [1.29, 1.82) is 0 Å². The Labute approximate surface area is 137 Å². The Morgan fingerprint density at radius 1 is 1.35 bits per heavy atom. The van der Waals surface area contributed by atoms with Gasteiger partial charge in [0.05, 0.1) is 18.2 Å². The summed E-state index contributed by atoms with van der Waals surface area (Å²) in [5.41, 5.74) is -0.00604. The smallest absolute Gasteiger partial charge is 0.317 e. The van der Waals surface area contributed by atoms with Crippen molar-refractivity contribution in [3.63, 3.8) is 0 Å². The van der Waals surface area contributed by atoms with Crippen LogP contribution in [0.5, 0.6) is 0 Å². The van der Waals surface area contributed by atoms with E-state index in [-0.39, 0.29) is 24.4 Å². The van der Waals surface area contributed by atoms with Gasteiger partial charge in [-0.2, -0.15) is 0 Å². The third-order valence-electron chi connectivity index (χ3n) is 4.35. The molecule has 1 fully saturated rings. The minimum absolute atomic E-state index is 0.116. The zero-order chi connectivity index (χ0) is 17.0. The second-order valence-corrected chi connectivity index (χ2v) is 7.19. The first-order chi connectivity index (χ1) is 10.8. The molecule has 1 saturated carbocycles. The van der Waals surface area contributed by atoms with Crippen molar-refractivity contribution in [1.82, 2.24) is 10.2 Å². The molecule has 1 atom stereocenters. The maximum atomic E-state index is 13.2. The molecule has 1 aliphatic carbocycles. The molecule has 5 heteroatoms. The quantitative estimate of drug-likeness (QED) is 0.872. The highest BCUT2D eigenvalue weighted by Crippen LogP contribution is 2.35. The fourth-order valence-corrected chi connectivity index (χ4v) is 3.33. The number of aliphatic hydroxyl groups is 1. The van der Waals surface area contributed by atoms with Gasteiger partial charge in [-0.15, -0.1) is 0 Å². The second kappa shape index (κ2) is 7.30. The molecule has 2 amide bonds. The number of hydrogen-bond acceptors (Lipinski definition) is 2. The zero-order valence-corrected chi connectivity index (χ0v) is 14.2. The third kappa shape index (κ3) is 5.20. The van der Waals surface area contributed by atoms with Crippen molar-refractivity contribution < 1.29 is 14.3 Å². The van der Waals surface area contributed by atoms with Gasteiger partial charge in [0.25, 0.3) is 0 Å². The van der Waals surface area contributed by atoms with Crippen LogP contribution in [0.2, 0.25) is 0 Å². The lowest BCUT2D eigenvalue weighted by atomic mass is 9.91. The highest BCUT2D eigenvalue weighted by molar-refractivity contribution is 5.74. The zero-order valence-electron chi connectivity index (χ0n) is 14.2. The number of halogens is 1. The molecule has 128 valence electrons. The molecule has 1 unspecified atom stereocenters. The van der Waals surface area contributed by atoms with Crippen LogP contribution in [0.15, 0.2) is 24.3 Å². The lowest BCUT2D eigenvalue weighted by Crippen LogP contribution is -2.46. The van der Waals surface area contributed by atoms with E-state index in [2.05, 4.69) is 5.32 Å². The molecule has 2 rings (SSSR count). The number of rotatable bonds is 5. The van der Waals surface area contributed by atoms with Crippen molar-refractivity contribution in [2.75, 3.05) is 13.6 Å². The van der Waals surface area contributed by atoms with Crippen molar-refractivity contribution >= 4 is 6.03 Å². The molecule has 23 heavy (non-hydrogen) atoms. The molecule has 1 aromatic carbocycles. The summed E-state index contributed by atoms with van der Waals surface area (Å²) >= 11 is 0. The Hall–Kier alpha value is -1.62. The van der Waals surface area contributed by atoms with E-state index in [0.717, 1.165) is 31.2 Å². The number of carbonyl (C=O) groups excluding carboxylic acids is 1. The fraction of sp³-hybridized carbons (Fsp3) is 0.611. The molecule has 4 nitrogen and oxygen atoms in total. The predicted molar refractivity (Wildman–Crippen MR) is 88.6 cm³/mol. The summed E-state index contributed by atoms with van der Waals surface area (Å²) in [5, 5.41) is 12.9. The Morgan fingerprint density at radius 3 is 2.43 bits per heavy atom. The van der Waals surface area contributed by atoms with E-state index >= 15 is 0 Å². The van der Waals surface area contributed by atoms with Crippen molar-refractivity contribution in [3.8, 4) is 0 Å². The topological polar surface area (TPSA) is 52.6 Å². The molecule has 0 saturated heterocycles. The molecule has 0 heterocycles. The van der Waals surface area contributed by atoms with Crippen LogP contribution in [-0.2, 0) is 0 Å².